The molecule has 18 heavy (non-hydrogen) atoms. The van der Waals surface area contributed by atoms with Crippen LogP contribution in [0.5, 0.6) is 5.75 Å². The molecule has 1 fully saturated rings. The molecule has 3 nitrogen and oxygen atoms in total. The molecule has 1 N–H and O–H groups in total. The Kier molecular flexibility index (Phi) is 4.24. The maximum absolute atomic E-state index is 10.8. The van der Waals surface area contributed by atoms with Gasteiger partial charge in [0, 0.05) is 6.42 Å². The minimum atomic E-state index is -0.669. The minimum absolute atomic E-state index is 0.314. The molecule has 1 aliphatic carbocycles. The summed E-state index contributed by atoms with van der Waals surface area (Å²) in [4.78, 5) is 10.8. The molecule has 1 saturated carbocycles. The van der Waals surface area contributed by atoms with Gasteiger partial charge in [0.25, 0.3) is 0 Å². The number of hydrogen-bond donors (Lipinski definition) is 1. The zero-order chi connectivity index (χ0) is 13.0. The molecule has 1 aromatic carbocycles. The van der Waals surface area contributed by atoms with Gasteiger partial charge in [-0.25, -0.2) is 0 Å². The van der Waals surface area contributed by atoms with Gasteiger partial charge in [-0.15, -0.1) is 0 Å². The quantitative estimate of drug-likeness (QED) is 0.870. The van der Waals surface area contributed by atoms with E-state index in [1.54, 1.807) is 7.11 Å². The number of rotatable bonds is 5. The fraction of sp³-hybridized carbons (Fsp3) is 0.533. The van der Waals surface area contributed by atoms with Crippen molar-refractivity contribution in [3.8, 4) is 5.75 Å². The number of methoxy groups -OCH3 is 1. The summed E-state index contributed by atoms with van der Waals surface area (Å²) >= 11 is 0. The number of carboxylic acid groups (broad SMARTS) is 1. The summed E-state index contributed by atoms with van der Waals surface area (Å²) in [6.07, 6.45) is 4.65. The average molecular weight is 248 g/mol. The fourth-order valence-corrected chi connectivity index (χ4v) is 2.98. The summed E-state index contributed by atoms with van der Waals surface area (Å²) in [5, 5.41) is 8.92. The highest BCUT2D eigenvalue weighted by Crippen LogP contribution is 2.36. The van der Waals surface area contributed by atoms with Gasteiger partial charge >= 0.3 is 5.97 Å². The van der Waals surface area contributed by atoms with Crippen molar-refractivity contribution in [2.45, 2.75) is 32.1 Å². The van der Waals surface area contributed by atoms with Crippen molar-refractivity contribution in [3.05, 3.63) is 29.8 Å². The number of ether oxygens (including phenoxy) is 1. The van der Waals surface area contributed by atoms with Gasteiger partial charge in [0.2, 0.25) is 0 Å². The van der Waals surface area contributed by atoms with Crippen molar-refractivity contribution >= 4 is 5.97 Å². The molecule has 0 bridgehead atoms. The molecule has 0 aliphatic heterocycles. The first-order chi connectivity index (χ1) is 8.69. The van der Waals surface area contributed by atoms with E-state index in [0.29, 0.717) is 18.3 Å². The van der Waals surface area contributed by atoms with Crippen LogP contribution in [-0.2, 0) is 11.2 Å². The molecule has 0 amide bonds. The number of hydrogen-bond acceptors (Lipinski definition) is 2. The Hall–Kier alpha value is -1.51. The number of aliphatic carboxylic acids is 1. The van der Waals surface area contributed by atoms with E-state index in [2.05, 4.69) is 12.1 Å². The van der Waals surface area contributed by atoms with E-state index in [-0.39, 0.29) is 0 Å². The van der Waals surface area contributed by atoms with Crippen LogP contribution in [0.2, 0.25) is 0 Å². The van der Waals surface area contributed by atoms with Crippen LogP contribution < -0.4 is 4.74 Å². The summed E-state index contributed by atoms with van der Waals surface area (Å²) in [6, 6.07) is 8.08. The second-order valence-electron chi connectivity index (χ2n) is 5.10. The maximum atomic E-state index is 10.8. The minimum Gasteiger partial charge on any atom is -0.497 e. The smallest absolute Gasteiger partial charge is 0.303 e. The van der Waals surface area contributed by atoms with Crippen LogP contribution >= 0.6 is 0 Å². The van der Waals surface area contributed by atoms with Gasteiger partial charge in [-0.2, -0.15) is 0 Å². The van der Waals surface area contributed by atoms with Crippen molar-refractivity contribution in [2.75, 3.05) is 7.11 Å². The Bertz CT molecular complexity index is 414. The molecule has 98 valence electrons. The van der Waals surface area contributed by atoms with E-state index in [1.807, 2.05) is 12.1 Å². The molecule has 2 atom stereocenters. The predicted molar refractivity (Wildman–Crippen MR) is 69.8 cm³/mol. The zero-order valence-corrected chi connectivity index (χ0v) is 10.8. The van der Waals surface area contributed by atoms with Crippen molar-refractivity contribution in [1.82, 2.24) is 0 Å². The number of carboxylic acids is 1. The molecule has 0 heterocycles. The third kappa shape index (κ3) is 3.25. The SMILES string of the molecule is COc1cccc(CC2CCCC2CC(=O)O)c1. The lowest BCUT2D eigenvalue weighted by Gasteiger charge is -2.18. The Balaban J connectivity index is 2.00. The summed E-state index contributed by atoms with van der Waals surface area (Å²) in [6.45, 7) is 0. The lowest BCUT2D eigenvalue weighted by molar-refractivity contribution is -0.138. The third-order valence-corrected chi connectivity index (χ3v) is 3.89. The summed E-state index contributed by atoms with van der Waals surface area (Å²) < 4.78 is 5.22. The van der Waals surface area contributed by atoms with Crippen molar-refractivity contribution in [1.29, 1.82) is 0 Å². The summed E-state index contributed by atoms with van der Waals surface area (Å²) in [5.74, 6) is 1.06. The molecule has 0 spiro atoms. The molecule has 1 aliphatic rings. The molecule has 2 rings (SSSR count). The predicted octanol–water partition coefficient (Wildman–Crippen LogP) is 3.13. The highest BCUT2D eigenvalue weighted by molar-refractivity contribution is 5.67. The van der Waals surface area contributed by atoms with E-state index in [9.17, 15) is 4.79 Å². The Morgan fingerprint density at radius 2 is 2.17 bits per heavy atom. The van der Waals surface area contributed by atoms with Gasteiger partial charge < -0.3 is 9.84 Å². The molecular formula is C15H20O3. The lowest BCUT2D eigenvalue weighted by Crippen LogP contribution is -2.15. The van der Waals surface area contributed by atoms with E-state index < -0.39 is 5.97 Å². The van der Waals surface area contributed by atoms with Crippen LogP contribution in [0, 0.1) is 11.8 Å². The van der Waals surface area contributed by atoms with Gasteiger partial charge in [0.1, 0.15) is 5.75 Å². The topological polar surface area (TPSA) is 46.5 Å². The Morgan fingerprint density at radius 3 is 2.89 bits per heavy atom. The van der Waals surface area contributed by atoms with E-state index in [1.165, 1.54) is 5.56 Å². The van der Waals surface area contributed by atoms with Crippen LogP contribution in [-0.4, -0.2) is 18.2 Å². The number of benzene rings is 1. The van der Waals surface area contributed by atoms with Crippen LogP contribution in [0.4, 0.5) is 0 Å². The second-order valence-corrected chi connectivity index (χ2v) is 5.10. The average Bonchev–Trinajstić information content (AvgIpc) is 2.76. The van der Waals surface area contributed by atoms with Crippen molar-refractivity contribution < 1.29 is 14.6 Å². The van der Waals surface area contributed by atoms with Crippen LogP contribution in [0.15, 0.2) is 24.3 Å². The summed E-state index contributed by atoms with van der Waals surface area (Å²) in [5.41, 5.74) is 1.25. The maximum Gasteiger partial charge on any atom is 0.303 e. The van der Waals surface area contributed by atoms with E-state index in [4.69, 9.17) is 9.84 Å². The monoisotopic (exact) mass is 248 g/mol. The van der Waals surface area contributed by atoms with E-state index in [0.717, 1.165) is 31.4 Å². The third-order valence-electron chi connectivity index (χ3n) is 3.89. The molecule has 0 saturated heterocycles. The first-order valence-electron chi connectivity index (χ1n) is 6.53. The van der Waals surface area contributed by atoms with Crippen LogP contribution in [0.25, 0.3) is 0 Å². The molecule has 3 heteroatoms. The standard InChI is InChI=1S/C15H20O3/c1-18-14-7-2-4-11(9-14)8-12-5-3-6-13(12)10-15(16)17/h2,4,7,9,12-13H,3,5-6,8,10H2,1H3,(H,16,17). The zero-order valence-electron chi connectivity index (χ0n) is 10.8. The normalized spacial score (nSPS) is 22.9. The van der Waals surface area contributed by atoms with Gasteiger partial charge in [0.15, 0.2) is 0 Å². The first kappa shape index (κ1) is 12.9. The van der Waals surface area contributed by atoms with Crippen LogP contribution in [0.1, 0.15) is 31.2 Å². The van der Waals surface area contributed by atoms with Gasteiger partial charge in [0.05, 0.1) is 7.11 Å². The van der Waals surface area contributed by atoms with Gasteiger partial charge in [-0.05, 0) is 48.8 Å². The molecular weight excluding hydrogens is 228 g/mol. The Morgan fingerprint density at radius 1 is 1.39 bits per heavy atom. The second kappa shape index (κ2) is 5.89. The molecule has 0 radical (unpaired) electrons. The molecule has 2 unspecified atom stereocenters. The largest absolute Gasteiger partial charge is 0.497 e. The van der Waals surface area contributed by atoms with Crippen LogP contribution in [0.3, 0.4) is 0 Å². The Labute approximate surface area is 108 Å². The first-order valence-corrected chi connectivity index (χ1v) is 6.53. The van der Waals surface area contributed by atoms with Gasteiger partial charge in [-0.3, -0.25) is 4.79 Å². The lowest BCUT2D eigenvalue weighted by atomic mass is 9.87. The highest BCUT2D eigenvalue weighted by Gasteiger charge is 2.29. The summed E-state index contributed by atoms with van der Waals surface area (Å²) in [7, 11) is 1.67. The van der Waals surface area contributed by atoms with E-state index >= 15 is 0 Å². The van der Waals surface area contributed by atoms with Crippen molar-refractivity contribution in [3.63, 3.8) is 0 Å². The molecule has 0 aromatic heterocycles. The number of carbonyl (C=O) groups is 1. The van der Waals surface area contributed by atoms with Crippen molar-refractivity contribution in [2.24, 2.45) is 11.8 Å². The molecule has 1 aromatic rings. The fourth-order valence-electron chi connectivity index (χ4n) is 2.98. The van der Waals surface area contributed by atoms with Gasteiger partial charge in [-0.1, -0.05) is 18.6 Å². The highest BCUT2D eigenvalue weighted by atomic mass is 16.5.